The second-order valence-corrected chi connectivity index (χ2v) is 7.00. The van der Waals surface area contributed by atoms with E-state index in [4.69, 9.17) is 5.53 Å². The van der Waals surface area contributed by atoms with E-state index in [0.29, 0.717) is 10.7 Å². The summed E-state index contributed by atoms with van der Waals surface area (Å²) in [7, 11) is 0. The van der Waals surface area contributed by atoms with Gasteiger partial charge in [-0.15, -0.1) is 11.8 Å². The van der Waals surface area contributed by atoms with E-state index in [9.17, 15) is 14.7 Å². The molecule has 0 saturated carbocycles. The highest BCUT2D eigenvalue weighted by atomic mass is 32.2. The van der Waals surface area contributed by atoms with Crippen LogP contribution in [0.1, 0.15) is 12.6 Å². The number of azide groups is 1. The molecule has 8 nitrogen and oxygen atoms in total. The Morgan fingerprint density at radius 2 is 2.35 bits per heavy atom. The van der Waals surface area contributed by atoms with Gasteiger partial charge >= 0.3 is 5.97 Å². The van der Waals surface area contributed by atoms with E-state index in [1.807, 2.05) is 25.1 Å². The van der Waals surface area contributed by atoms with Gasteiger partial charge in [0.25, 0.3) is 0 Å². The maximum Gasteiger partial charge on any atom is 0.353 e. The fraction of sp³-hybridized carbons (Fsp3) is 0.353. The Kier molecular flexibility index (Phi) is 5.29. The first-order valence-corrected chi connectivity index (χ1v) is 9.05. The molecule has 2 aliphatic rings. The molecule has 1 unspecified atom stereocenters. The van der Waals surface area contributed by atoms with E-state index in [1.54, 1.807) is 18.3 Å². The largest absolute Gasteiger partial charge is 0.477 e. The molecular formula is C17H17N5O3S. The lowest BCUT2D eigenvalue weighted by Gasteiger charge is -2.43. The van der Waals surface area contributed by atoms with Crippen LogP contribution in [-0.2, 0) is 15.3 Å². The van der Waals surface area contributed by atoms with Crippen LogP contribution < -0.4 is 0 Å². The second-order valence-electron chi connectivity index (χ2n) is 5.98. The van der Waals surface area contributed by atoms with E-state index in [0.717, 1.165) is 5.69 Å². The van der Waals surface area contributed by atoms with Gasteiger partial charge in [0.15, 0.2) is 0 Å². The summed E-state index contributed by atoms with van der Waals surface area (Å²) >= 11 is 1.42. The topological polar surface area (TPSA) is 119 Å². The van der Waals surface area contributed by atoms with Crippen LogP contribution in [0.5, 0.6) is 0 Å². The van der Waals surface area contributed by atoms with Gasteiger partial charge in [0, 0.05) is 34.2 Å². The van der Waals surface area contributed by atoms with Crippen molar-refractivity contribution in [2.45, 2.75) is 18.7 Å². The van der Waals surface area contributed by atoms with Crippen molar-refractivity contribution >= 4 is 23.6 Å². The molecule has 0 aliphatic carbocycles. The van der Waals surface area contributed by atoms with E-state index in [1.165, 1.54) is 16.7 Å². The quantitative estimate of drug-likeness (QED) is 0.260. The SMILES string of the molecule is C[C@H]1C(SCc2ccccn2)=C(C(=O)O)N2C(=O)[C@H](/C=C/CN=[N+]=[N-])C12. The minimum atomic E-state index is -1.09. The number of thioether (sulfide) groups is 1. The average molecular weight is 371 g/mol. The summed E-state index contributed by atoms with van der Waals surface area (Å²) in [4.78, 5) is 33.2. The summed E-state index contributed by atoms with van der Waals surface area (Å²) in [6, 6.07) is 5.39. The number of aromatic nitrogens is 1. The van der Waals surface area contributed by atoms with E-state index < -0.39 is 5.97 Å². The number of carbonyl (C=O) groups is 2. The predicted molar refractivity (Wildman–Crippen MR) is 96.6 cm³/mol. The summed E-state index contributed by atoms with van der Waals surface area (Å²) in [6.07, 6.45) is 5.05. The Morgan fingerprint density at radius 3 is 3.00 bits per heavy atom. The molecule has 3 rings (SSSR count). The van der Waals surface area contributed by atoms with Gasteiger partial charge in [0.05, 0.1) is 17.7 Å². The molecule has 3 heterocycles. The summed E-state index contributed by atoms with van der Waals surface area (Å²) in [5.41, 5.74) is 9.23. The van der Waals surface area contributed by atoms with Crippen molar-refractivity contribution in [3.8, 4) is 0 Å². The number of hydrogen-bond acceptors (Lipinski definition) is 5. The molecule has 2 aliphatic heterocycles. The molecule has 26 heavy (non-hydrogen) atoms. The van der Waals surface area contributed by atoms with E-state index in [2.05, 4.69) is 15.0 Å². The number of amides is 1. The second kappa shape index (κ2) is 7.63. The molecule has 0 bridgehead atoms. The van der Waals surface area contributed by atoms with Gasteiger partial charge in [-0.25, -0.2) is 4.79 Å². The number of carbonyl (C=O) groups excluding carboxylic acids is 1. The van der Waals surface area contributed by atoms with Gasteiger partial charge in [-0.1, -0.05) is 30.3 Å². The highest BCUT2D eigenvalue weighted by molar-refractivity contribution is 8.02. The lowest BCUT2D eigenvalue weighted by molar-refractivity contribution is -0.153. The molecule has 1 aromatic heterocycles. The van der Waals surface area contributed by atoms with Crippen LogP contribution in [-0.4, -0.2) is 39.5 Å². The molecule has 3 atom stereocenters. The first kappa shape index (κ1) is 18.0. The number of pyridine rings is 1. The Labute approximate surface area is 154 Å². The molecule has 1 fully saturated rings. The smallest absolute Gasteiger partial charge is 0.353 e. The van der Waals surface area contributed by atoms with Crippen molar-refractivity contribution in [1.82, 2.24) is 9.88 Å². The number of carboxylic acids is 1. The number of carboxylic acid groups (broad SMARTS) is 1. The highest BCUT2D eigenvalue weighted by Crippen LogP contribution is 2.50. The number of fused-ring (bicyclic) bond motifs is 1. The fourth-order valence-electron chi connectivity index (χ4n) is 3.35. The van der Waals surface area contributed by atoms with Gasteiger partial charge in [0.1, 0.15) is 5.70 Å². The molecule has 1 N–H and O–H groups in total. The third kappa shape index (κ3) is 3.18. The van der Waals surface area contributed by atoms with Crippen molar-refractivity contribution in [1.29, 1.82) is 0 Å². The number of hydrogen-bond donors (Lipinski definition) is 1. The number of β-lactam (4-membered cyclic amide) rings is 1. The molecule has 134 valence electrons. The number of rotatable bonds is 7. The normalized spacial score (nSPS) is 24.4. The van der Waals surface area contributed by atoms with Crippen LogP contribution in [0, 0.1) is 11.8 Å². The molecule has 0 spiro atoms. The monoisotopic (exact) mass is 371 g/mol. The molecule has 1 amide bonds. The zero-order chi connectivity index (χ0) is 18.7. The Bertz CT molecular complexity index is 832. The van der Waals surface area contributed by atoms with Crippen LogP contribution in [0.2, 0.25) is 0 Å². The van der Waals surface area contributed by atoms with Gasteiger partial charge in [-0.3, -0.25) is 14.7 Å². The minimum Gasteiger partial charge on any atom is -0.477 e. The van der Waals surface area contributed by atoms with Crippen molar-refractivity contribution in [3.05, 3.63) is 63.3 Å². The summed E-state index contributed by atoms with van der Waals surface area (Å²) < 4.78 is 0. The Hall–Kier alpha value is -2.77. The van der Waals surface area contributed by atoms with Crippen LogP contribution in [0.15, 0.2) is 52.3 Å². The zero-order valence-electron chi connectivity index (χ0n) is 14.0. The predicted octanol–water partition coefficient (Wildman–Crippen LogP) is 2.95. The Morgan fingerprint density at radius 1 is 1.54 bits per heavy atom. The van der Waals surface area contributed by atoms with Crippen LogP contribution >= 0.6 is 11.8 Å². The lowest BCUT2D eigenvalue weighted by atomic mass is 9.82. The van der Waals surface area contributed by atoms with Crippen LogP contribution in [0.3, 0.4) is 0 Å². The lowest BCUT2D eigenvalue weighted by Crippen LogP contribution is -2.59. The minimum absolute atomic E-state index is 0.0770. The van der Waals surface area contributed by atoms with Crippen molar-refractivity contribution in [2.75, 3.05) is 6.54 Å². The van der Waals surface area contributed by atoms with Crippen molar-refractivity contribution in [2.24, 2.45) is 17.0 Å². The maximum atomic E-state index is 12.4. The Balaban J connectivity index is 1.79. The molecule has 1 aromatic rings. The van der Waals surface area contributed by atoms with Gasteiger partial charge in [0.2, 0.25) is 5.91 Å². The van der Waals surface area contributed by atoms with Gasteiger partial charge in [-0.05, 0) is 17.7 Å². The van der Waals surface area contributed by atoms with E-state index >= 15 is 0 Å². The van der Waals surface area contributed by atoms with Crippen molar-refractivity contribution < 1.29 is 14.7 Å². The zero-order valence-corrected chi connectivity index (χ0v) is 14.8. The summed E-state index contributed by atoms with van der Waals surface area (Å²) in [5.74, 6) is -1.25. The van der Waals surface area contributed by atoms with Crippen LogP contribution in [0.4, 0.5) is 0 Å². The standard InChI is InChI=1S/C17H17N5O3S/c1-10-13-12(6-4-8-20-21-18)16(23)22(13)14(17(24)25)15(10)26-9-11-5-2-3-7-19-11/h2-7,10,12-13H,8-9H2,1H3,(H,24,25)/b6-4+/t10-,12-,13?/m1/s1. The van der Waals surface area contributed by atoms with Gasteiger partial charge in [-0.2, -0.15) is 0 Å². The molecule has 0 aromatic carbocycles. The molecular weight excluding hydrogens is 354 g/mol. The fourth-order valence-corrected chi connectivity index (χ4v) is 4.54. The highest BCUT2D eigenvalue weighted by Gasteiger charge is 2.57. The maximum absolute atomic E-state index is 12.4. The third-order valence-electron chi connectivity index (χ3n) is 4.49. The summed E-state index contributed by atoms with van der Waals surface area (Å²) in [6.45, 7) is 2.11. The third-order valence-corrected chi connectivity index (χ3v) is 5.80. The number of nitrogens with zero attached hydrogens (tertiary/aromatic N) is 5. The van der Waals surface area contributed by atoms with Gasteiger partial charge < -0.3 is 5.11 Å². The first-order valence-electron chi connectivity index (χ1n) is 8.07. The first-order chi connectivity index (χ1) is 12.6. The van der Waals surface area contributed by atoms with E-state index in [-0.39, 0.29) is 36.0 Å². The molecule has 0 radical (unpaired) electrons. The number of aliphatic carboxylic acids is 1. The molecule has 9 heteroatoms. The molecule has 1 saturated heterocycles. The van der Waals surface area contributed by atoms with Crippen LogP contribution in [0.25, 0.3) is 10.4 Å². The summed E-state index contributed by atoms with van der Waals surface area (Å²) in [5, 5.41) is 13.0. The average Bonchev–Trinajstić information content (AvgIpc) is 2.90. The van der Waals surface area contributed by atoms with Crippen molar-refractivity contribution in [3.63, 3.8) is 0 Å².